The third-order valence-corrected chi connectivity index (χ3v) is 4.46. The first-order chi connectivity index (χ1) is 13.4. The maximum atomic E-state index is 12.5. The van der Waals surface area contributed by atoms with Gasteiger partial charge in [0.15, 0.2) is 5.82 Å². The van der Waals surface area contributed by atoms with Gasteiger partial charge in [0.2, 0.25) is 0 Å². The zero-order chi connectivity index (χ0) is 20.1. The summed E-state index contributed by atoms with van der Waals surface area (Å²) in [4.78, 5) is 35.0. The average Bonchev–Trinajstić information content (AvgIpc) is 3.08. The van der Waals surface area contributed by atoms with Crippen LogP contribution in [0.25, 0.3) is 0 Å². The molecular formula is C19H24N6O3. The third kappa shape index (κ3) is 4.95. The van der Waals surface area contributed by atoms with Crippen LogP contribution >= 0.6 is 0 Å². The molecule has 2 heterocycles. The van der Waals surface area contributed by atoms with Gasteiger partial charge >= 0.3 is 6.03 Å². The first-order valence-electron chi connectivity index (χ1n) is 8.98. The van der Waals surface area contributed by atoms with Gasteiger partial charge in [-0.05, 0) is 45.1 Å². The molecule has 0 spiro atoms. The van der Waals surface area contributed by atoms with Crippen molar-refractivity contribution in [1.29, 1.82) is 0 Å². The number of hydrogen-bond acceptors (Lipinski definition) is 6. The van der Waals surface area contributed by atoms with Gasteiger partial charge in [-0.1, -0.05) is 0 Å². The van der Waals surface area contributed by atoms with Gasteiger partial charge in [0.1, 0.15) is 5.75 Å². The summed E-state index contributed by atoms with van der Waals surface area (Å²) in [5.74, 6) is 0.561. The lowest BCUT2D eigenvalue weighted by Gasteiger charge is -2.15. The van der Waals surface area contributed by atoms with Crippen LogP contribution in [0.15, 0.2) is 30.6 Å². The summed E-state index contributed by atoms with van der Waals surface area (Å²) in [5.41, 5.74) is 1.67. The number of aromatic nitrogens is 2. The standard InChI is InChI=1S/C19H24N6O3/c1-12-9-21-17(10-20-12)24-19(27)23-15-5-4-13(8-16(15)28-3)18(26)22-14-6-7-25(2)11-14/h4-5,8-10,14H,6-7,11H2,1-3H3,(H,22,26)(H2,21,23,24,27). The Hall–Kier alpha value is -3.20. The lowest BCUT2D eigenvalue weighted by atomic mass is 10.1. The number of aryl methyl sites for hydroxylation is 1. The summed E-state index contributed by atoms with van der Waals surface area (Å²) in [7, 11) is 3.51. The Morgan fingerprint density at radius 3 is 2.68 bits per heavy atom. The molecule has 1 aliphatic rings. The second-order valence-electron chi connectivity index (χ2n) is 6.76. The molecule has 0 radical (unpaired) electrons. The summed E-state index contributed by atoms with van der Waals surface area (Å²) in [6.07, 6.45) is 3.97. The molecule has 28 heavy (non-hydrogen) atoms. The number of likely N-dealkylation sites (N-methyl/N-ethyl adjacent to an activating group) is 1. The molecule has 9 nitrogen and oxygen atoms in total. The Morgan fingerprint density at radius 2 is 2.04 bits per heavy atom. The smallest absolute Gasteiger partial charge is 0.324 e. The predicted molar refractivity (Wildman–Crippen MR) is 106 cm³/mol. The van der Waals surface area contributed by atoms with E-state index in [1.165, 1.54) is 13.3 Å². The fourth-order valence-corrected chi connectivity index (χ4v) is 2.98. The second kappa shape index (κ2) is 8.66. The van der Waals surface area contributed by atoms with Crippen molar-refractivity contribution in [2.45, 2.75) is 19.4 Å². The van der Waals surface area contributed by atoms with Crippen LogP contribution in [0, 0.1) is 6.92 Å². The van der Waals surface area contributed by atoms with Gasteiger partial charge in [0.05, 0.1) is 30.9 Å². The van der Waals surface area contributed by atoms with Crippen LogP contribution in [0.3, 0.4) is 0 Å². The number of methoxy groups -OCH3 is 1. The molecule has 3 amide bonds. The Balaban J connectivity index is 1.64. The molecule has 0 bridgehead atoms. The minimum Gasteiger partial charge on any atom is -0.495 e. The molecule has 1 atom stereocenters. The molecule has 0 saturated carbocycles. The highest BCUT2D eigenvalue weighted by atomic mass is 16.5. The fourth-order valence-electron chi connectivity index (χ4n) is 2.98. The van der Waals surface area contributed by atoms with Crippen LogP contribution in [0.2, 0.25) is 0 Å². The van der Waals surface area contributed by atoms with Crippen LogP contribution in [-0.4, -0.2) is 60.1 Å². The maximum Gasteiger partial charge on any atom is 0.324 e. The first-order valence-corrected chi connectivity index (χ1v) is 8.98. The largest absolute Gasteiger partial charge is 0.495 e. The summed E-state index contributed by atoms with van der Waals surface area (Å²) in [5, 5.41) is 8.31. The second-order valence-corrected chi connectivity index (χ2v) is 6.76. The van der Waals surface area contributed by atoms with E-state index in [-0.39, 0.29) is 11.9 Å². The number of anilines is 2. The molecule has 1 saturated heterocycles. The molecular weight excluding hydrogens is 360 g/mol. The van der Waals surface area contributed by atoms with Crippen molar-refractivity contribution >= 4 is 23.4 Å². The van der Waals surface area contributed by atoms with E-state index >= 15 is 0 Å². The van der Waals surface area contributed by atoms with E-state index in [9.17, 15) is 9.59 Å². The van der Waals surface area contributed by atoms with E-state index < -0.39 is 6.03 Å². The monoisotopic (exact) mass is 384 g/mol. The number of nitrogens with zero attached hydrogens (tertiary/aromatic N) is 3. The van der Waals surface area contributed by atoms with Gasteiger partial charge in [0, 0.05) is 18.2 Å². The van der Waals surface area contributed by atoms with Crippen molar-refractivity contribution in [2.75, 3.05) is 37.9 Å². The van der Waals surface area contributed by atoms with Gasteiger partial charge in [0.25, 0.3) is 5.91 Å². The van der Waals surface area contributed by atoms with E-state index in [1.54, 1.807) is 24.4 Å². The molecule has 9 heteroatoms. The Bertz CT molecular complexity index is 855. The van der Waals surface area contributed by atoms with Crippen LogP contribution in [0.5, 0.6) is 5.75 Å². The lowest BCUT2D eigenvalue weighted by Crippen LogP contribution is -2.36. The number of amides is 3. The maximum absolute atomic E-state index is 12.5. The molecule has 1 aromatic carbocycles. The lowest BCUT2D eigenvalue weighted by molar-refractivity contribution is 0.0938. The highest BCUT2D eigenvalue weighted by molar-refractivity contribution is 6.01. The quantitative estimate of drug-likeness (QED) is 0.726. The Kier molecular flexibility index (Phi) is 6.05. The SMILES string of the molecule is COc1cc(C(=O)NC2CCN(C)C2)ccc1NC(=O)Nc1cnc(C)cn1. The number of urea groups is 1. The number of rotatable bonds is 5. The normalized spacial score (nSPS) is 16.5. The summed E-state index contributed by atoms with van der Waals surface area (Å²) in [6.45, 7) is 3.62. The topological polar surface area (TPSA) is 108 Å². The number of likely N-dealkylation sites (tertiary alicyclic amines) is 1. The van der Waals surface area contributed by atoms with E-state index in [0.717, 1.165) is 25.2 Å². The van der Waals surface area contributed by atoms with Crippen LogP contribution in [0.4, 0.5) is 16.3 Å². The van der Waals surface area contributed by atoms with E-state index in [1.807, 2.05) is 14.0 Å². The van der Waals surface area contributed by atoms with E-state index in [2.05, 4.69) is 30.8 Å². The van der Waals surface area contributed by atoms with Gasteiger partial charge in [-0.2, -0.15) is 0 Å². The van der Waals surface area contributed by atoms with Gasteiger partial charge in [-0.15, -0.1) is 0 Å². The van der Waals surface area contributed by atoms with Gasteiger partial charge in [-0.3, -0.25) is 15.1 Å². The zero-order valence-electron chi connectivity index (χ0n) is 16.2. The molecule has 2 aromatic rings. The van der Waals surface area contributed by atoms with Gasteiger partial charge < -0.3 is 20.3 Å². The minimum absolute atomic E-state index is 0.141. The molecule has 0 aliphatic carbocycles. The molecule has 3 rings (SSSR count). The fraction of sp³-hybridized carbons (Fsp3) is 0.368. The average molecular weight is 384 g/mol. The van der Waals surface area contributed by atoms with Crippen molar-refractivity contribution in [3.63, 3.8) is 0 Å². The third-order valence-electron chi connectivity index (χ3n) is 4.46. The first kappa shape index (κ1) is 19.6. The molecule has 148 valence electrons. The highest BCUT2D eigenvalue weighted by Gasteiger charge is 2.22. The summed E-state index contributed by atoms with van der Waals surface area (Å²) >= 11 is 0. The number of carbonyl (C=O) groups excluding carboxylic acids is 2. The summed E-state index contributed by atoms with van der Waals surface area (Å²) in [6, 6.07) is 4.55. The van der Waals surface area contributed by atoms with Crippen molar-refractivity contribution in [1.82, 2.24) is 20.2 Å². The van der Waals surface area contributed by atoms with Crippen molar-refractivity contribution in [2.24, 2.45) is 0 Å². The highest BCUT2D eigenvalue weighted by Crippen LogP contribution is 2.26. The van der Waals surface area contributed by atoms with Crippen LogP contribution in [0.1, 0.15) is 22.5 Å². The zero-order valence-corrected chi connectivity index (χ0v) is 16.2. The number of nitrogens with one attached hydrogen (secondary N) is 3. The molecule has 1 fully saturated rings. The number of carbonyl (C=O) groups is 2. The molecule has 1 aliphatic heterocycles. The minimum atomic E-state index is -0.484. The molecule has 3 N–H and O–H groups in total. The van der Waals surface area contributed by atoms with Crippen LogP contribution in [-0.2, 0) is 0 Å². The predicted octanol–water partition coefficient (Wildman–Crippen LogP) is 1.87. The molecule has 1 aromatic heterocycles. The Morgan fingerprint density at radius 1 is 1.21 bits per heavy atom. The van der Waals surface area contributed by atoms with Crippen LogP contribution < -0.4 is 20.7 Å². The number of benzene rings is 1. The number of hydrogen-bond donors (Lipinski definition) is 3. The summed E-state index contributed by atoms with van der Waals surface area (Å²) < 4.78 is 5.33. The van der Waals surface area contributed by atoms with Crippen molar-refractivity contribution in [3.8, 4) is 5.75 Å². The molecule has 1 unspecified atom stereocenters. The Labute approximate surface area is 163 Å². The van der Waals surface area contributed by atoms with E-state index in [0.29, 0.717) is 22.8 Å². The van der Waals surface area contributed by atoms with E-state index in [4.69, 9.17) is 4.74 Å². The number of ether oxygens (including phenoxy) is 1. The van der Waals surface area contributed by atoms with Gasteiger partial charge in [-0.25, -0.2) is 9.78 Å². The van der Waals surface area contributed by atoms with Crippen molar-refractivity contribution in [3.05, 3.63) is 41.9 Å². The van der Waals surface area contributed by atoms with Crippen molar-refractivity contribution < 1.29 is 14.3 Å².